The third-order valence-corrected chi connectivity index (χ3v) is 5.32. The first-order chi connectivity index (χ1) is 14.4. The van der Waals surface area contributed by atoms with E-state index in [9.17, 15) is 14.3 Å². The van der Waals surface area contributed by atoms with Crippen LogP contribution in [0, 0.1) is 12.7 Å². The Morgan fingerprint density at radius 2 is 2.30 bits per heavy atom. The van der Waals surface area contributed by atoms with Crippen LogP contribution >= 0.6 is 0 Å². The molecule has 1 atom stereocenters. The standard InChI is InChI=1S/C21H24FN5O3/c1-14-16-8-15(22)2-3-17(16)26-19(14)10-27-6-7-30-13-21(29,12-27)11-25-20(28)18-9-23-4-5-24-18/h2-5,8-9,26,29H,6-7,10-13H2,1H3,(H,25,28). The quantitative estimate of drug-likeness (QED) is 0.584. The molecule has 8 nitrogen and oxygen atoms in total. The summed E-state index contributed by atoms with van der Waals surface area (Å²) in [7, 11) is 0. The van der Waals surface area contributed by atoms with Gasteiger partial charge in [-0.05, 0) is 30.7 Å². The van der Waals surface area contributed by atoms with E-state index in [1.807, 2.05) is 6.92 Å². The van der Waals surface area contributed by atoms with Gasteiger partial charge in [0.2, 0.25) is 0 Å². The average molecular weight is 413 g/mol. The summed E-state index contributed by atoms with van der Waals surface area (Å²) in [4.78, 5) is 25.5. The van der Waals surface area contributed by atoms with Gasteiger partial charge >= 0.3 is 0 Å². The molecule has 1 saturated heterocycles. The summed E-state index contributed by atoms with van der Waals surface area (Å²) in [6, 6.07) is 4.68. The normalized spacial score (nSPS) is 20.2. The molecule has 4 rings (SSSR count). The maximum Gasteiger partial charge on any atom is 0.271 e. The van der Waals surface area contributed by atoms with Gasteiger partial charge in [0, 0.05) is 48.6 Å². The number of nitrogens with zero attached hydrogens (tertiary/aromatic N) is 3. The van der Waals surface area contributed by atoms with E-state index in [0.717, 1.165) is 22.2 Å². The van der Waals surface area contributed by atoms with Crippen molar-refractivity contribution in [3.63, 3.8) is 0 Å². The van der Waals surface area contributed by atoms with Crippen LogP contribution in [0.4, 0.5) is 4.39 Å². The molecule has 3 N–H and O–H groups in total. The molecule has 0 aliphatic carbocycles. The summed E-state index contributed by atoms with van der Waals surface area (Å²) in [6.45, 7) is 4.05. The number of aromatic amines is 1. The van der Waals surface area contributed by atoms with Crippen LogP contribution in [0.2, 0.25) is 0 Å². The lowest BCUT2D eigenvalue weighted by molar-refractivity contribution is -0.0346. The molecule has 0 saturated carbocycles. The number of ether oxygens (including phenoxy) is 1. The lowest BCUT2D eigenvalue weighted by Gasteiger charge is -2.30. The highest BCUT2D eigenvalue weighted by molar-refractivity contribution is 5.91. The number of aliphatic hydroxyl groups is 1. The predicted octanol–water partition coefficient (Wildman–Crippen LogP) is 1.40. The molecule has 1 amide bonds. The molecule has 0 spiro atoms. The molecule has 1 aliphatic heterocycles. The fourth-order valence-corrected chi connectivity index (χ4v) is 3.73. The maximum atomic E-state index is 13.6. The van der Waals surface area contributed by atoms with Crippen molar-refractivity contribution in [2.24, 2.45) is 0 Å². The number of H-pyrrole nitrogens is 1. The van der Waals surface area contributed by atoms with Crippen LogP contribution in [-0.2, 0) is 11.3 Å². The van der Waals surface area contributed by atoms with E-state index in [2.05, 4.69) is 25.2 Å². The van der Waals surface area contributed by atoms with E-state index in [1.165, 1.54) is 30.7 Å². The number of carbonyl (C=O) groups is 1. The van der Waals surface area contributed by atoms with Crippen LogP contribution in [0.5, 0.6) is 0 Å². The number of hydrogen-bond donors (Lipinski definition) is 3. The molecule has 1 aromatic carbocycles. The van der Waals surface area contributed by atoms with Gasteiger partial charge in [-0.25, -0.2) is 9.37 Å². The van der Waals surface area contributed by atoms with Crippen molar-refractivity contribution >= 4 is 16.8 Å². The number of nitrogens with one attached hydrogen (secondary N) is 2. The maximum absolute atomic E-state index is 13.6. The largest absolute Gasteiger partial charge is 0.384 e. The van der Waals surface area contributed by atoms with Gasteiger partial charge in [0.05, 0.1) is 26.0 Å². The van der Waals surface area contributed by atoms with Gasteiger partial charge in [-0.3, -0.25) is 14.7 Å². The van der Waals surface area contributed by atoms with Gasteiger partial charge in [0.25, 0.3) is 5.91 Å². The minimum atomic E-state index is -1.25. The third kappa shape index (κ3) is 4.48. The Labute approximate surface area is 173 Å². The Bertz CT molecular complexity index is 1040. The number of amides is 1. The number of halogens is 1. The average Bonchev–Trinajstić information content (AvgIpc) is 2.92. The number of hydrogen-bond acceptors (Lipinski definition) is 6. The van der Waals surface area contributed by atoms with Crippen LogP contribution in [0.25, 0.3) is 10.9 Å². The van der Waals surface area contributed by atoms with Crippen LogP contribution in [0.1, 0.15) is 21.7 Å². The van der Waals surface area contributed by atoms with E-state index in [-0.39, 0.29) is 24.7 Å². The molecule has 0 bridgehead atoms. The van der Waals surface area contributed by atoms with Crippen molar-refractivity contribution in [1.29, 1.82) is 0 Å². The molecule has 30 heavy (non-hydrogen) atoms. The zero-order valence-corrected chi connectivity index (χ0v) is 16.7. The highest BCUT2D eigenvalue weighted by atomic mass is 19.1. The fourth-order valence-electron chi connectivity index (χ4n) is 3.73. The zero-order valence-electron chi connectivity index (χ0n) is 16.7. The molecule has 1 aliphatic rings. The van der Waals surface area contributed by atoms with Crippen LogP contribution in [0.15, 0.2) is 36.8 Å². The van der Waals surface area contributed by atoms with Crippen molar-refractivity contribution in [3.05, 3.63) is 59.6 Å². The summed E-state index contributed by atoms with van der Waals surface area (Å²) in [5.74, 6) is -0.673. The second kappa shape index (κ2) is 8.47. The van der Waals surface area contributed by atoms with Crippen molar-refractivity contribution < 1.29 is 19.0 Å². The Morgan fingerprint density at radius 1 is 1.43 bits per heavy atom. The molecule has 9 heteroatoms. The Balaban J connectivity index is 1.45. The van der Waals surface area contributed by atoms with Crippen LogP contribution < -0.4 is 5.32 Å². The molecule has 1 fully saturated rings. The van der Waals surface area contributed by atoms with E-state index >= 15 is 0 Å². The summed E-state index contributed by atoms with van der Waals surface area (Å²) >= 11 is 0. The molecular weight excluding hydrogens is 389 g/mol. The topological polar surface area (TPSA) is 103 Å². The lowest BCUT2D eigenvalue weighted by Crippen LogP contribution is -2.52. The van der Waals surface area contributed by atoms with E-state index in [1.54, 1.807) is 6.07 Å². The Morgan fingerprint density at radius 3 is 3.10 bits per heavy atom. The second-order valence-electron chi connectivity index (χ2n) is 7.68. The summed E-state index contributed by atoms with van der Waals surface area (Å²) in [5, 5.41) is 14.6. The number of aromatic nitrogens is 3. The van der Waals surface area contributed by atoms with Gasteiger partial charge in [-0.1, -0.05) is 0 Å². The van der Waals surface area contributed by atoms with Crippen molar-refractivity contribution in [2.45, 2.75) is 19.1 Å². The SMILES string of the molecule is Cc1c(CN2CCOCC(O)(CNC(=O)c3cnccn3)C2)[nH]c2ccc(F)cc12. The first-order valence-corrected chi connectivity index (χ1v) is 9.77. The highest BCUT2D eigenvalue weighted by Gasteiger charge is 2.33. The Hall–Kier alpha value is -2.88. The van der Waals surface area contributed by atoms with E-state index in [4.69, 9.17) is 4.74 Å². The summed E-state index contributed by atoms with van der Waals surface area (Å²) in [6.07, 6.45) is 4.30. The molecule has 2 aromatic heterocycles. The lowest BCUT2D eigenvalue weighted by atomic mass is 10.0. The molecule has 0 radical (unpaired) electrons. The molecule has 3 aromatic rings. The van der Waals surface area contributed by atoms with Crippen LogP contribution in [0.3, 0.4) is 0 Å². The van der Waals surface area contributed by atoms with Gasteiger partial charge in [0.15, 0.2) is 0 Å². The van der Waals surface area contributed by atoms with Crippen molar-refractivity contribution in [1.82, 2.24) is 25.2 Å². The fraction of sp³-hybridized carbons (Fsp3) is 0.381. The zero-order chi connectivity index (χ0) is 21.1. The van der Waals surface area contributed by atoms with E-state index < -0.39 is 11.5 Å². The summed E-state index contributed by atoms with van der Waals surface area (Å²) < 4.78 is 19.2. The van der Waals surface area contributed by atoms with Crippen molar-refractivity contribution in [3.8, 4) is 0 Å². The number of β-amino-alcohol motifs (C(OH)–C–C–N with tert-alkyl or cyclic N) is 1. The number of carbonyl (C=O) groups excluding carboxylic acids is 1. The number of rotatable bonds is 5. The monoisotopic (exact) mass is 413 g/mol. The minimum Gasteiger partial charge on any atom is -0.384 e. The molecule has 158 valence electrons. The van der Waals surface area contributed by atoms with Crippen LogP contribution in [-0.4, -0.2) is 69.3 Å². The number of benzene rings is 1. The third-order valence-electron chi connectivity index (χ3n) is 5.32. The number of fused-ring (bicyclic) bond motifs is 1. The molecule has 3 heterocycles. The summed E-state index contributed by atoms with van der Waals surface area (Å²) in [5.41, 5.74) is 1.76. The van der Waals surface area contributed by atoms with Gasteiger partial charge in [-0.15, -0.1) is 0 Å². The van der Waals surface area contributed by atoms with Gasteiger partial charge < -0.3 is 20.1 Å². The smallest absolute Gasteiger partial charge is 0.271 e. The van der Waals surface area contributed by atoms with Gasteiger partial charge in [0.1, 0.15) is 17.1 Å². The van der Waals surface area contributed by atoms with Gasteiger partial charge in [-0.2, -0.15) is 0 Å². The van der Waals surface area contributed by atoms with E-state index in [0.29, 0.717) is 26.2 Å². The van der Waals surface area contributed by atoms with Crippen molar-refractivity contribution in [2.75, 3.05) is 32.8 Å². The first-order valence-electron chi connectivity index (χ1n) is 9.77. The molecule has 1 unspecified atom stereocenters. The second-order valence-corrected chi connectivity index (χ2v) is 7.68. The minimum absolute atomic E-state index is 0.0236. The number of aryl methyl sites for hydroxylation is 1. The Kier molecular flexibility index (Phi) is 5.76. The molecular formula is C21H24FN5O3. The predicted molar refractivity (Wildman–Crippen MR) is 108 cm³/mol. The first kappa shape index (κ1) is 20.4. The highest BCUT2D eigenvalue weighted by Crippen LogP contribution is 2.24.